The monoisotopic (exact) mass is 289 g/mol. The molecule has 0 aliphatic carbocycles. The first kappa shape index (κ1) is 14.4. The number of fused-ring (bicyclic) bond motifs is 1. The highest BCUT2D eigenvalue weighted by Crippen LogP contribution is 2.31. The Kier molecular flexibility index (Phi) is 4.76. The number of nitrogens with zero attached hydrogens (tertiary/aromatic N) is 1. The Bertz CT molecular complexity index is 493. The van der Waals surface area contributed by atoms with E-state index in [1.165, 1.54) is 25.7 Å². The lowest BCUT2D eigenvalue weighted by Crippen LogP contribution is -2.27. The van der Waals surface area contributed by atoms with Crippen LogP contribution in [0.4, 0.5) is 0 Å². The molecule has 0 radical (unpaired) electrons. The molecule has 0 spiro atoms. The van der Waals surface area contributed by atoms with E-state index in [0.29, 0.717) is 25.4 Å². The fourth-order valence-corrected chi connectivity index (χ4v) is 2.98. The molecule has 0 atom stereocenters. The lowest BCUT2D eigenvalue weighted by Gasteiger charge is -2.20. The van der Waals surface area contributed by atoms with Gasteiger partial charge in [0.2, 0.25) is 0 Å². The van der Waals surface area contributed by atoms with Crippen LogP contribution >= 0.6 is 0 Å². The first-order valence-corrected chi connectivity index (χ1v) is 7.98. The maximum absolute atomic E-state index is 12.3. The number of carbonyl (C=O) groups excluding carboxylic acids is 1. The van der Waals surface area contributed by atoms with Crippen molar-refractivity contribution in [3.8, 4) is 11.5 Å². The molecule has 1 fully saturated rings. The minimum Gasteiger partial charge on any atom is -0.486 e. The number of ether oxygens (including phenoxy) is 2. The van der Waals surface area contributed by atoms with Gasteiger partial charge in [0.05, 0.1) is 0 Å². The van der Waals surface area contributed by atoms with Crippen LogP contribution in [0.1, 0.15) is 42.5 Å². The first-order chi connectivity index (χ1) is 10.3. The van der Waals surface area contributed by atoms with Gasteiger partial charge in [-0.05, 0) is 44.1 Å². The predicted molar refractivity (Wildman–Crippen MR) is 81.3 cm³/mol. The fourth-order valence-electron chi connectivity index (χ4n) is 2.98. The Hall–Kier alpha value is -1.55. The Balaban J connectivity index is 1.57. The quantitative estimate of drug-likeness (QED) is 0.799. The Morgan fingerprint density at radius 2 is 1.71 bits per heavy atom. The van der Waals surface area contributed by atoms with E-state index >= 15 is 0 Å². The van der Waals surface area contributed by atoms with Crippen LogP contribution in [0.5, 0.6) is 11.5 Å². The molecule has 1 saturated heterocycles. The largest absolute Gasteiger partial charge is 0.486 e. The van der Waals surface area contributed by atoms with Crippen molar-refractivity contribution >= 4 is 5.78 Å². The lowest BCUT2D eigenvalue weighted by molar-refractivity contribution is 0.0963. The van der Waals surface area contributed by atoms with Crippen molar-refractivity contribution in [3.63, 3.8) is 0 Å². The Morgan fingerprint density at radius 1 is 1.00 bits per heavy atom. The summed E-state index contributed by atoms with van der Waals surface area (Å²) in [4.78, 5) is 14.8. The molecule has 4 nitrogen and oxygen atoms in total. The van der Waals surface area contributed by atoms with Crippen LogP contribution in [0, 0.1) is 0 Å². The standard InChI is InChI=1S/C17H23NO3/c19-15(7-10-18-8-3-1-2-4-9-18)14-5-6-16-17(13-14)21-12-11-20-16/h5-6,13H,1-4,7-12H2. The second-order valence-electron chi connectivity index (χ2n) is 5.79. The molecule has 0 N–H and O–H groups in total. The van der Waals surface area contributed by atoms with E-state index in [4.69, 9.17) is 9.47 Å². The molecule has 1 aromatic carbocycles. The van der Waals surface area contributed by atoms with Gasteiger partial charge in [-0.3, -0.25) is 4.79 Å². The molecule has 3 rings (SSSR count). The van der Waals surface area contributed by atoms with Crippen LogP contribution in [0.2, 0.25) is 0 Å². The summed E-state index contributed by atoms with van der Waals surface area (Å²) in [7, 11) is 0. The summed E-state index contributed by atoms with van der Waals surface area (Å²) < 4.78 is 11.0. The zero-order chi connectivity index (χ0) is 14.5. The molecular formula is C17H23NO3. The highest BCUT2D eigenvalue weighted by molar-refractivity contribution is 5.96. The molecule has 0 amide bonds. The van der Waals surface area contributed by atoms with Crippen LogP contribution in [0.15, 0.2) is 18.2 Å². The Morgan fingerprint density at radius 3 is 2.48 bits per heavy atom. The van der Waals surface area contributed by atoms with E-state index < -0.39 is 0 Å². The third-order valence-electron chi connectivity index (χ3n) is 4.22. The lowest BCUT2D eigenvalue weighted by atomic mass is 10.1. The van der Waals surface area contributed by atoms with Gasteiger partial charge < -0.3 is 14.4 Å². The normalized spacial score (nSPS) is 19.0. The van der Waals surface area contributed by atoms with Crippen molar-refractivity contribution in [2.45, 2.75) is 32.1 Å². The summed E-state index contributed by atoms with van der Waals surface area (Å²) in [5.74, 6) is 1.63. The average Bonchev–Trinajstić information content (AvgIpc) is 2.81. The van der Waals surface area contributed by atoms with Crippen molar-refractivity contribution < 1.29 is 14.3 Å². The van der Waals surface area contributed by atoms with Gasteiger partial charge in [0.25, 0.3) is 0 Å². The van der Waals surface area contributed by atoms with Gasteiger partial charge >= 0.3 is 0 Å². The van der Waals surface area contributed by atoms with E-state index in [9.17, 15) is 4.79 Å². The summed E-state index contributed by atoms with van der Waals surface area (Å²) in [5.41, 5.74) is 0.731. The third kappa shape index (κ3) is 3.76. The molecule has 21 heavy (non-hydrogen) atoms. The minimum atomic E-state index is 0.191. The first-order valence-electron chi connectivity index (χ1n) is 7.98. The van der Waals surface area contributed by atoms with Crippen LogP contribution in [-0.4, -0.2) is 43.5 Å². The molecule has 2 aliphatic heterocycles. The molecule has 0 unspecified atom stereocenters. The number of likely N-dealkylation sites (tertiary alicyclic amines) is 1. The van der Waals surface area contributed by atoms with Gasteiger partial charge in [-0.25, -0.2) is 0 Å². The number of rotatable bonds is 4. The molecule has 2 aliphatic rings. The van der Waals surface area contributed by atoms with Gasteiger partial charge in [0.15, 0.2) is 17.3 Å². The van der Waals surface area contributed by atoms with E-state index in [0.717, 1.165) is 30.9 Å². The summed E-state index contributed by atoms with van der Waals surface area (Å²) in [6.07, 6.45) is 5.76. The number of carbonyl (C=O) groups is 1. The molecule has 0 bridgehead atoms. The molecule has 114 valence electrons. The van der Waals surface area contributed by atoms with Gasteiger partial charge in [-0.2, -0.15) is 0 Å². The molecule has 0 saturated carbocycles. The summed E-state index contributed by atoms with van der Waals surface area (Å²) in [5, 5.41) is 0. The third-order valence-corrected chi connectivity index (χ3v) is 4.22. The summed E-state index contributed by atoms with van der Waals surface area (Å²) in [6, 6.07) is 5.51. The van der Waals surface area contributed by atoms with Crippen molar-refractivity contribution in [1.82, 2.24) is 4.90 Å². The number of benzene rings is 1. The van der Waals surface area contributed by atoms with Crippen molar-refractivity contribution in [2.75, 3.05) is 32.8 Å². The SMILES string of the molecule is O=C(CCN1CCCCCC1)c1ccc2c(c1)OCCO2. The number of hydrogen-bond donors (Lipinski definition) is 0. The van der Waals surface area contributed by atoms with Gasteiger partial charge in [0.1, 0.15) is 13.2 Å². The maximum atomic E-state index is 12.3. The molecule has 4 heteroatoms. The smallest absolute Gasteiger partial charge is 0.164 e. The van der Waals surface area contributed by atoms with E-state index in [1.807, 2.05) is 18.2 Å². The van der Waals surface area contributed by atoms with Crippen molar-refractivity contribution in [2.24, 2.45) is 0 Å². The second kappa shape index (κ2) is 6.94. The second-order valence-corrected chi connectivity index (χ2v) is 5.79. The van der Waals surface area contributed by atoms with Crippen LogP contribution in [-0.2, 0) is 0 Å². The predicted octanol–water partition coefficient (Wildman–Crippen LogP) is 2.91. The topological polar surface area (TPSA) is 38.8 Å². The summed E-state index contributed by atoms with van der Waals surface area (Å²) >= 11 is 0. The van der Waals surface area contributed by atoms with E-state index in [1.54, 1.807) is 0 Å². The molecular weight excluding hydrogens is 266 g/mol. The highest BCUT2D eigenvalue weighted by Gasteiger charge is 2.16. The number of ketones is 1. The highest BCUT2D eigenvalue weighted by atomic mass is 16.6. The van der Waals surface area contributed by atoms with Crippen LogP contribution in [0.25, 0.3) is 0 Å². The fraction of sp³-hybridized carbons (Fsp3) is 0.588. The zero-order valence-corrected chi connectivity index (χ0v) is 12.5. The van der Waals surface area contributed by atoms with Gasteiger partial charge in [-0.1, -0.05) is 12.8 Å². The molecule has 0 aromatic heterocycles. The zero-order valence-electron chi connectivity index (χ0n) is 12.5. The van der Waals surface area contributed by atoms with Crippen LogP contribution < -0.4 is 9.47 Å². The summed E-state index contributed by atoms with van der Waals surface area (Å²) in [6.45, 7) is 4.27. The molecule has 2 heterocycles. The van der Waals surface area contributed by atoms with Crippen molar-refractivity contribution in [3.05, 3.63) is 23.8 Å². The van der Waals surface area contributed by atoms with E-state index in [-0.39, 0.29) is 5.78 Å². The number of hydrogen-bond acceptors (Lipinski definition) is 4. The minimum absolute atomic E-state index is 0.191. The average molecular weight is 289 g/mol. The van der Waals surface area contributed by atoms with Gasteiger partial charge in [0, 0.05) is 18.5 Å². The van der Waals surface area contributed by atoms with Crippen molar-refractivity contribution in [1.29, 1.82) is 0 Å². The maximum Gasteiger partial charge on any atom is 0.164 e. The Labute approximate surface area is 126 Å². The van der Waals surface area contributed by atoms with Crippen LogP contribution in [0.3, 0.4) is 0 Å². The van der Waals surface area contributed by atoms with E-state index in [2.05, 4.69) is 4.90 Å². The van der Waals surface area contributed by atoms with Gasteiger partial charge in [-0.15, -0.1) is 0 Å². The molecule has 1 aromatic rings. The number of Topliss-reactive ketones (excluding diaryl/α,β-unsaturated/α-hetero) is 1.